The maximum Gasteiger partial charge on any atom is 0.299 e. The first-order chi connectivity index (χ1) is 5.97. The summed E-state index contributed by atoms with van der Waals surface area (Å²) in [6, 6.07) is 3.62. The van der Waals surface area contributed by atoms with Crippen LogP contribution in [0.1, 0.15) is 0 Å². The van der Waals surface area contributed by atoms with E-state index in [1.807, 2.05) is 0 Å². The van der Waals surface area contributed by atoms with Gasteiger partial charge in [0.15, 0.2) is 0 Å². The molecule has 1 rings (SSSR count). The van der Waals surface area contributed by atoms with E-state index < -0.39 is 20.8 Å². The molecule has 0 aliphatic rings. The largest absolute Gasteiger partial charge is 0.299 e. The van der Waals surface area contributed by atoms with Crippen molar-refractivity contribution < 1.29 is 17.0 Å². The first kappa shape index (κ1) is 10.6. The van der Waals surface area contributed by atoms with Crippen molar-refractivity contribution in [1.82, 2.24) is 0 Å². The highest BCUT2D eigenvalue weighted by atomic mass is 79.9. The average Bonchev–Trinajstić information content (AvgIpc) is 2.03. The van der Waals surface area contributed by atoms with Crippen molar-refractivity contribution in [3.8, 4) is 0 Å². The van der Waals surface area contributed by atoms with Gasteiger partial charge in [-0.2, -0.15) is 8.42 Å². The normalized spacial score (nSPS) is 11.6. The van der Waals surface area contributed by atoms with Crippen LogP contribution in [0.3, 0.4) is 0 Å². The average molecular weight is 269 g/mol. The Morgan fingerprint density at radius 3 is 2.54 bits per heavy atom. The molecule has 0 bridgehead atoms. The highest BCUT2D eigenvalue weighted by molar-refractivity contribution is 9.10. The van der Waals surface area contributed by atoms with Gasteiger partial charge in [-0.05, 0) is 18.2 Å². The zero-order valence-electron chi connectivity index (χ0n) is 6.62. The van der Waals surface area contributed by atoms with Crippen LogP contribution < -0.4 is 0 Å². The summed E-state index contributed by atoms with van der Waals surface area (Å²) in [6.45, 7) is 0. The van der Waals surface area contributed by atoms with Crippen LogP contribution in [-0.2, 0) is 14.3 Å². The molecule has 1 aromatic carbocycles. The van der Waals surface area contributed by atoms with Gasteiger partial charge in [0.05, 0.1) is 7.11 Å². The molecule has 0 unspecified atom stereocenters. The monoisotopic (exact) mass is 268 g/mol. The summed E-state index contributed by atoms with van der Waals surface area (Å²) in [5, 5.41) is 0. The van der Waals surface area contributed by atoms with Gasteiger partial charge in [0.25, 0.3) is 10.1 Å². The first-order valence-electron chi connectivity index (χ1n) is 3.23. The van der Waals surface area contributed by atoms with Crippen molar-refractivity contribution in [3.63, 3.8) is 0 Å². The van der Waals surface area contributed by atoms with Crippen LogP contribution in [0.2, 0.25) is 0 Å². The second kappa shape index (κ2) is 3.73. The fourth-order valence-corrected chi connectivity index (χ4v) is 1.81. The quantitative estimate of drug-likeness (QED) is 0.770. The molecule has 0 N–H and O–H groups in total. The molecule has 0 radical (unpaired) electrons. The first-order valence-corrected chi connectivity index (χ1v) is 5.43. The maximum absolute atomic E-state index is 13.0. The molecule has 3 nitrogen and oxygen atoms in total. The van der Waals surface area contributed by atoms with Crippen molar-refractivity contribution in [1.29, 1.82) is 0 Å². The number of hydrogen-bond acceptors (Lipinski definition) is 3. The Balaban J connectivity index is 3.33. The summed E-state index contributed by atoms with van der Waals surface area (Å²) in [7, 11) is -2.96. The Labute approximate surface area is 83.8 Å². The molecule has 1 aromatic rings. The van der Waals surface area contributed by atoms with Crippen LogP contribution in [0.5, 0.6) is 0 Å². The molecular weight excluding hydrogens is 263 g/mol. The van der Waals surface area contributed by atoms with E-state index in [0.29, 0.717) is 4.47 Å². The lowest BCUT2D eigenvalue weighted by molar-refractivity contribution is 0.393. The zero-order chi connectivity index (χ0) is 10.1. The van der Waals surface area contributed by atoms with Crippen molar-refractivity contribution >= 4 is 26.0 Å². The minimum absolute atomic E-state index is 0.460. The van der Waals surface area contributed by atoms with E-state index in [0.717, 1.165) is 19.2 Å². The molecule has 13 heavy (non-hydrogen) atoms. The predicted molar refractivity (Wildman–Crippen MR) is 48.3 cm³/mol. The number of benzene rings is 1. The lowest BCUT2D eigenvalue weighted by Crippen LogP contribution is -2.05. The zero-order valence-corrected chi connectivity index (χ0v) is 9.02. The molecule has 0 atom stereocenters. The van der Waals surface area contributed by atoms with E-state index in [4.69, 9.17) is 0 Å². The Kier molecular flexibility index (Phi) is 3.05. The fraction of sp³-hybridized carbons (Fsp3) is 0.143. The summed E-state index contributed by atoms with van der Waals surface area (Å²) in [4.78, 5) is -0.460. The van der Waals surface area contributed by atoms with E-state index >= 15 is 0 Å². The molecule has 0 aliphatic heterocycles. The minimum atomic E-state index is -3.94. The lowest BCUT2D eigenvalue weighted by Gasteiger charge is -2.02. The summed E-state index contributed by atoms with van der Waals surface area (Å²) in [5.74, 6) is -0.837. The number of rotatable bonds is 2. The molecule has 72 valence electrons. The Bertz CT molecular complexity index is 416. The molecular formula is C7H6BrFO3S. The third-order valence-electron chi connectivity index (χ3n) is 1.38. The van der Waals surface area contributed by atoms with Crippen LogP contribution >= 0.6 is 15.9 Å². The van der Waals surface area contributed by atoms with E-state index in [1.165, 1.54) is 6.07 Å². The van der Waals surface area contributed by atoms with Crippen LogP contribution in [0.4, 0.5) is 4.39 Å². The summed E-state index contributed by atoms with van der Waals surface area (Å²) >= 11 is 3.01. The van der Waals surface area contributed by atoms with Crippen molar-refractivity contribution in [3.05, 3.63) is 28.5 Å². The van der Waals surface area contributed by atoms with E-state index in [9.17, 15) is 12.8 Å². The maximum atomic E-state index is 13.0. The van der Waals surface area contributed by atoms with Gasteiger partial charge in [-0.15, -0.1) is 0 Å². The van der Waals surface area contributed by atoms with Gasteiger partial charge >= 0.3 is 0 Å². The lowest BCUT2D eigenvalue weighted by atomic mass is 10.3. The van der Waals surface area contributed by atoms with E-state index in [-0.39, 0.29) is 0 Å². The number of hydrogen-bond donors (Lipinski definition) is 0. The molecule has 6 heteroatoms. The van der Waals surface area contributed by atoms with Crippen molar-refractivity contribution in [2.45, 2.75) is 4.90 Å². The highest BCUT2D eigenvalue weighted by Gasteiger charge is 2.17. The van der Waals surface area contributed by atoms with Gasteiger partial charge in [0, 0.05) is 4.47 Å². The second-order valence-electron chi connectivity index (χ2n) is 2.20. The molecule has 0 saturated carbocycles. The Hall–Kier alpha value is -0.460. The molecule has 0 aromatic heterocycles. The van der Waals surface area contributed by atoms with E-state index in [2.05, 4.69) is 20.1 Å². The van der Waals surface area contributed by atoms with Gasteiger partial charge in [-0.1, -0.05) is 15.9 Å². The molecule has 0 heterocycles. The van der Waals surface area contributed by atoms with Gasteiger partial charge in [-0.3, -0.25) is 4.18 Å². The van der Waals surface area contributed by atoms with Crippen LogP contribution in [0.15, 0.2) is 27.6 Å². The predicted octanol–water partition coefficient (Wildman–Crippen LogP) is 1.92. The Morgan fingerprint density at radius 1 is 1.46 bits per heavy atom. The molecule has 0 saturated heterocycles. The molecule has 0 amide bonds. The summed E-state index contributed by atoms with van der Waals surface area (Å²) < 4.78 is 39.8. The third-order valence-corrected chi connectivity index (χ3v) is 3.18. The Morgan fingerprint density at radius 2 is 2.08 bits per heavy atom. The summed E-state index contributed by atoms with van der Waals surface area (Å²) in [5.41, 5.74) is 0. The van der Waals surface area contributed by atoms with E-state index in [1.54, 1.807) is 0 Å². The van der Waals surface area contributed by atoms with Crippen molar-refractivity contribution in [2.75, 3.05) is 7.11 Å². The van der Waals surface area contributed by atoms with Gasteiger partial charge < -0.3 is 0 Å². The fourth-order valence-electron chi connectivity index (χ4n) is 0.768. The van der Waals surface area contributed by atoms with Crippen LogP contribution in [-0.4, -0.2) is 15.5 Å². The smallest absolute Gasteiger partial charge is 0.270 e. The number of halogens is 2. The highest BCUT2D eigenvalue weighted by Crippen LogP contribution is 2.20. The SMILES string of the molecule is COS(=O)(=O)c1ccc(Br)cc1F. The topological polar surface area (TPSA) is 43.4 Å². The van der Waals surface area contributed by atoms with Gasteiger partial charge in [0.2, 0.25) is 0 Å². The summed E-state index contributed by atoms with van der Waals surface area (Å²) in [6.07, 6.45) is 0. The second-order valence-corrected chi connectivity index (χ2v) is 4.79. The van der Waals surface area contributed by atoms with Gasteiger partial charge in [-0.25, -0.2) is 4.39 Å². The van der Waals surface area contributed by atoms with Crippen LogP contribution in [0.25, 0.3) is 0 Å². The molecule has 0 aliphatic carbocycles. The molecule has 0 fully saturated rings. The van der Waals surface area contributed by atoms with Crippen molar-refractivity contribution in [2.24, 2.45) is 0 Å². The third kappa shape index (κ3) is 2.26. The standard InChI is InChI=1S/C7H6BrFO3S/c1-12-13(10,11)7-3-2-5(8)4-6(7)9/h2-4H,1H3. The molecule has 0 spiro atoms. The minimum Gasteiger partial charge on any atom is -0.270 e. The van der Waals surface area contributed by atoms with Gasteiger partial charge in [0.1, 0.15) is 10.7 Å². The van der Waals surface area contributed by atoms with Crippen LogP contribution in [0, 0.1) is 5.82 Å².